The zero-order valence-electron chi connectivity index (χ0n) is 10.9. The van der Waals surface area contributed by atoms with Gasteiger partial charge in [-0.05, 0) is 54.0 Å². The van der Waals surface area contributed by atoms with Crippen molar-refractivity contribution in [3.05, 3.63) is 70.2 Å². The molecule has 0 fully saturated rings. The Balaban J connectivity index is 1.77. The number of halogens is 1. The lowest BCUT2D eigenvalue weighted by Crippen LogP contribution is -2.29. The molecule has 2 heteroatoms. The minimum Gasteiger partial charge on any atom is -0.327 e. The number of hydrogen-bond acceptors (Lipinski definition) is 1. The number of hydrogen-bond donors (Lipinski definition) is 1. The molecule has 2 N–H and O–H groups in total. The number of nitrogens with two attached hydrogens (primary N) is 1. The van der Waals surface area contributed by atoms with Gasteiger partial charge in [0, 0.05) is 11.1 Å². The average Bonchev–Trinajstić information content (AvgIpc) is 2.82. The van der Waals surface area contributed by atoms with Gasteiger partial charge in [-0.1, -0.05) is 48.0 Å². The first-order chi connectivity index (χ1) is 9.24. The van der Waals surface area contributed by atoms with Gasteiger partial charge in [-0.25, -0.2) is 0 Å². The first-order valence-electron chi connectivity index (χ1n) is 6.82. The smallest absolute Gasteiger partial charge is 0.0408 e. The molecule has 0 saturated heterocycles. The standard InChI is InChI=1S/C17H18ClN/c18-14-6-3-4-12(10-14)11-17(19)16-9-8-13-5-1-2-7-15(13)16/h1-7,10,16-17H,8-9,11,19H2. The normalized spacial score (nSPS) is 19.2. The molecular formula is C17H18ClN. The molecule has 1 aliphatic carbocycles. The molecule has 19 heavy (non-hydrogen) atoms. The molecule has 1 nitrogen and oxygen atoms in total. The van der Waals surface area contributed by atoms with E-state index in [9.17, 15) is 0 Å². The zero-order valence-corrected chi connectivity index (χ0v) is 11.6. The molecule has 2 aromatic rings. The van der Waals surface area contributed by atoms with Crippen molar-refractivity contribution in [1.29, 1.82) is 0 Å². The summed E-state index contributed by atoms with van der Waals surface area (Å²) in [7, 11) is 0. The molecule has 0 radical (unpaired) electrons. The van der Waals surface area contributed by atoms with Crippen LogP contribution >= 0.6 is 11.6 Å². The molecule has 2 atom stereocenters. The van der Waals surface area contributed by atoms with Crippen molar-refractivity contribution in [2.24, 2.45) is 5.73 Å². The summed E-state index contributed by atoms with van der Waals surface area (Å²) < 4.78 is 0. The molecule has 0 saturated carbocycles. The lowest BCUT2D eigenvalue weighted by atomic mass is 9.89. The first kappa shape index (κ1) is 12.7. The highest BCUT2D eigenvalue weighted by Gasteiger charge is 2.27. The summed E-state index contributed by atoms with van der Waals surface area (Å²) in [5.74, 6) is 0.482. The van der Waals surface area contributed by atoms with Gasteiger partial charge in [-0.2, -0.15) is 0 Å². The maximum atomic E-state index is 6.43. The largest absolute Gasteiger partial charge is 0.327 e. The summed E-state index contributed by atoms with van der Waals surface area (Å²) in [6, 6.07) is 16.9. The van der Waals surface area contributed by atoms with Crippen LogP contribution in [0.1, 0.15) is 29.0 Å². The van der Waals surface area contributed by atoms with Gasteiger partial charge in [0.25, 0.3) is 0 Å². The van der Waals surface area contributed by atoms with E-state index in [0.717, 1.165) is 17.9 Å². The lowest BCUT2D eigenvalue weighted by Gasteiger charge is -2.20. The Bertz CT molecular complexity index is 579. The van der Waals surface area contributed by atoms with Crippen molar-refractivity contribution in [2.45, 2.75) is 31.2 Å². The number of benzene rings is 2. The second-order valence-corrected chi connectivity index (χ2v) is 5.78. The summed E-state index contributed by atoms with van der Waals surface area (Å²) >= 11 is 6.03. The van der Waals surface area contributed by atoms with Gasteiger partial charge in [0.1, 0.15) is 0 Å². The quantitative estimate of drug-likeness (QED) is 0.899. The summed E-state index contributed by atoms with van der Waals surface area (Å²) in [6.07, 6.45) is 3.21. The highest BCUT2D eigenvalue weighted by atomic mass is 35.5. The minimum atomic E-state index is 0.169. The van der Waals surface area contributed by atoms with Gasteiger partial charge >= 0.3 is 0 Å². The average molecular weight is 272 g/mol. The highest BCUT2D eigenvalue weighted by Crippen LogP contribution is 2.35. The summed E-state index contributed by atoms with van der Waals surface area (Å²) in [4.78, 5) is 0. The molecule has 0 amide bonds. The molecular weight excluding hydrogens is 254 g/mol. The molecule has 2 unspecified atom stereocenters. The SMILES string of the molecule is NC(Cc1cccc(Cl)c1)C1CCc2ccccc21. The van der Waals surface area contributed by atoms with Crippen LogP contribution in [0.2, 0.25) is 5.02 Å². The van der Waals surface area contributed by atoms with E-state index < -0.39 is 0 Å². The Hall–Kier alpha value is -1.31. The van der Waals surface area contributed by atoms with Crippen molar-refractivity contribution < 1.29 is 0 Å². The van der Waals surface area contributed by atoms with E-state index in [1.54, 1.807) is 0 Å². The van der Waals surface area contributed by atoms with Crippen molar-refractivity contribution in [1.82, 2.24) is 0 Å². The predicted octanol–water partition coefficient (Wildman–Crippen LogP) is 3.94. The third-order valence-corrected chi connectivity index (χ3v) is 4.29. The number of fused-ring (bicyclic) bond motifs is 1. The van der Waals surface area contributed by atoms with Crippen molar-refractivity contribution in [3.8, 4) is 0 Å². The topological polar surface area (TPSA) is 26.0 Å². The third-order valence-electron chi connectivity index (χ3n) is 4.06. The van der Waals surface area contributed by atoms with Crippen LogP contribution in [-0.2, 0) is 12.8 Å². The van der Waals surface area contributed by atoms with Crippen LogP contribution in [0.25, 0.3) is 0 Å². The van der Waals surface area contributed by atoms with E-state index >= 15 is 0 Å². The van der Waals surface area contributed by atoms with E-state index in [0.29, 0.717) is 5.92 Å². The second kappa shape index (κ2) is 5.36. The number of aryl methyl sites for hydroxylation is 1. The Kier molecular flexibility index (Phi) is 3.58. The molecule has 0 bridgehead atoms. The fourth-order valence-corrected chi connectivity index (χ4v) is 3.33. The van der Waals surface area contributed by atoms with Crippen LogP contribution in [0.5, 0.6) is 0 Å². The second-order valence-electron chi connectivity index (χ2n) is 5.34. The molecule has 0 aromatic heterocycles. The van der Waals surface area contributed by atoms with Crippen LogP contribution in [0.4, 0.5) is 0 Å². The fourth-order valence-electron chi connectivity index (χ4n) is 3.11. The molecule has 2 aromatic carbocycles. The third kappa shape index (κ3) is 2.68. The van der Waals surface area contributed by atoms with Crippen LogP contribution < -0.4 is 5.73 Å². The van der Waals surface area contributed by atoms with E-state index in [1.807, 2.05) is 18.2 Å². The maximum absolute atomic E-state index is 6.43. The van der Waals surface area contributed by atoms with E-state index in [2.05, 4.69) is 30.3 Å². The van der Waals surface area contributed by atoms with Gasteiger partial charge in [0.15, 0.2) is 0 Å². The van der Waals surface area contributed by atoms with Crippen molar-refractivity contribution in [3.63, 3.8) is 0 Å². The van der Waals surface area contributed by atoms with Crippen molar-refractivity contribution >= 4 is 11.6 Å². The Morgan fingerprint density at radius 1 is 1.16 bits per heavy atom. The van der Waals surface area contributed by atoms with Crippen molar-refractivity contribution in [2.75, 3.05) is 0 Å². The van der Waals surface area contributed by atoms with Crippen LogP contribution in [0.15, 0.2) is 48.5 Å². The lowest BCUT2D eigenvalue weighted by molar-refractivity contribution is 0.525. The van der Waals surface area contributed by atoms with Crippen LogP contribution in [0, 0.1) is 0 Å². The summed E-state index contributed by atoms with van der Waals surface area (Å²) in [5, 5.41) is 0.788. The molecule has 0 heterocycles. The number of rotatable bonds is 3. The van der Waals surface area contributed by atoms with Crippen LogP contribution in [0.3, 0.4) is 0 Å². The van der Waals surface area contributed by atoms with Gasteiger partial charge in [-0.15, -0.1) is 0 Å². The van der Waals surface area contributed by atoms with E-state index in [1.165, 1.54) is 23.1 Å². The minimum absolute atomic E-state index is 0.169. The highest BCUT2D eigenvalue weighted by molar-refractivity contribution is 6.30. The summed E-state index contributed by atoms with van der Waals surface area (Å²) in [5.41, 5.74) is 10.6. The van der Waals surface area contributed by atoms with Gasteiger partial charge in [-0.3, -0.25) is 0 Å². The van der Waals surface area contributed by atoms with Gasteiger partial charge < -0.3 is 5.73 Å². The van der Waals surface area contributed by atoms with Gasteiger partial charge in [0.05, 0.1) is 0 Å². The molecule has 1 aliphatic rings. The van der Waals surface area contributed by atoms with Crippen LogP contribution in [-0.4, -0.2) is 6.04 Å². The fraction of sp³-hybridized carbons (Fsp3) is 0.294. The van der Waals surface area contributed by atoms with Gasteiger partial charge in [0.2, 0.25) is 0 Å². The molecule has 0 aliphatic heterocycles. The first-order valence-corrected chi connectivity index (χ1v) is 7.19. The zero-order chi connectivity index (χ0) is 13.2. The summed E-state index contributed by atoms with van der Waals surface area (Å²) in [6.45, 7) is 0. The van der Waals surface area contributed by atoms with E-state index in [-0.39, 0.29) is 6.04 Å². The maximum Gasteiger partial charge on any atom is 0.0408 e. The Morgan fingerprint density at radius 3 is 2.84 bits per heavy atom. The Labute approximate surface area is 119 Å². The molecule has 3 rings (SSSR count). The molecule has 98 valence electrons. The Morgan fingerprint density at radius 2 is 2.00 bits per heavy atom. The monoisotopic (exact) mass is 271 g/mol. The predicted molar refractivity (Wildman–Crippen MR) is 80.6 cm³/mol. The van der Waals surface area contributed by atoms with E-state index in [4.69, 9.17) is 17.3 Å². The molecule has 0 spiro atoms.